The van der Waals surface area contributed by atoms with E-state index < -0.39 is 0 Å². The number of nitrogens with zero attached hydrogens (tertiary/aromatic N) is 3. The Morgan fingerprint density at radius 1 is 0.912 bits per heavy atom. The van der Waals surface area contributed by atoms with Crippen molar-refractivity contribution in [2.75, 3.05) is 4.90 Å². The van der Waals surface area contributed by atoms with Crippen molar-refractivity contribution in [1.82, 2.24) is 14.9 Å². The van der Waals surface area contributed by atoms with E-state index in [2.05, 4.69) is 53.3 Å². The second-order valence-electron chi connectivity index (χ2n) is 8.88. The van der Waals surface area contributed by atoms with E-state index in [1.165, 1.54) is 17.2 Å². The summed E-state index contributed by atoms with van der Waals surface area (Å²) in [4.78, 5) is 6.82. The van der Waals surface area contributed by atoms with Crippen molar-refractivity contribution in [1.29, 1.82) is 0 Å². The van der Waals surface area contributed by atoms with Gasteiger partial charge < -0.3 is 14.8 Å². The summed E-state index contributed by atoms with van der Waals surface area (Å²) in [5, 5.41) is 4.17. The maximum absolute atomic E-state index is 14.8. The van der Waals surface area contributed by atoms with Crippen LogP contribution in [-0.4, -0.2) is 14.7 Å². The van der Waals surface area contributed by atoms with Crippen LogP contribution in [0.15, 0.2) is 72.9 Å². The highest BCUT2D eigenvalue weighted by Gasteiger charge is 2.42. The Morgan fingerprint density at radius 2 is 1.68 bits per heavy atom. The molecule has 2 aromatic carbocycles. The van der Waals surface area contributed by atoms with Gasteiger partial charge in [0.15, 0.2) is 5.11 Å². The number of aromatic nitrogens is 2. The number of hydrogen-bond acceptors (Lipinski definition) is 2. The molecule has 2 aromatic heterocycles. The minimum atomic E-state index is -0.247. The predicted molar refractivity (Wildman–Crippen MR) is 139 cm³/mol. The summed E-state index contributed by atoms with van der Waals surface area (Å²) in [5.74, 6) is -0.247. The molecule has 172 valence electrons. The van der Waals surface area contributed by atoms with Gasteiger partial charge in [0, 0.05) is 23.3 Å². The van der Waals surface area contributed by atoms with E-state index in [1.807, 2.05) is 48.7 Å². The molecule has 1 fully saturated rings. The van der Waals surface area contributed by atoms with Crippen LogP contribution in [0.3, 0.4) is 0 Å². The van der Waals surface area contributed by atoms with Crippen LogP contribution in [-0.2, 0) is 0 Å². The SMILES string of the molecule is Cc1ccc(N2C(=S)N[C@H](c3ccccn3)[C@@H]2c2cc(C)n(-c3ccccc3F)c2C)cc1C. The van der Waals surface area contributed by atoms with Crippen LogP contribution in [0.1, 0.15) is 45.9 Å². The highest BCUT2D eigenvalue weighted by atomic mass is 32.1. The molecule has 1 saturated heterocycles. The monoisotopic (exact) mass is 470 g/mol. The molecule has 0 aliphatic carbocycles. The third-order valence-electron chi connectivity index (χ3n) is 6.75. The first-order valence-corrected chi connectivity index (χ1v) is 11.8. The number of nitrogens with one attached hydrogen (secondary N) is 1. The molecule has 1 N–H and O–H groups in total. The average Bonchev–Trinajstić information content (AvgIpc) is 3.32. The third kappa shape index (κ3) is 3.68. The largest absolute Gasteiger partial charge is 0.351 e. The van der Waals surface area contributed by atoms with Gasteiger partial charge in [0.25, 0.3) is 0 Å². The van der Waals surface area contributed by atoms with E-state index in [0.29, 0.717) is 10.8 Å². The van der Waals surface area contributed by atoms with Gasteiger partial charge in [-0.15, -0.1) is 0 Å². The van der Waals surface area contributed by atoms with Gasteiger partial charge in [-0.05, 0) is 99.1 Å². The first-order valence-electron chi connectivity index (χ1n) is 11.4. The number of benzene rings is 2. The molecule has 4 aromatic rings. The van der Waals surface area contributed by atoms with Crippen molar-refractivity contribution in [3.8, 4) is 5.69 Å². The zero-order valence-corrected chi connectivity index (χ0v) is 20.5. The van der Waals surface area contributed by atoms with Gasteiger partial charge in [0.05, 0.1) is 23.5 Å². The molecule has 0 bridgehead atoms. The second kappa shape index (κ2) is 8.69. The van der Waals surface area contributed by atoms with Crippen molar-refractivity contribution in [3.63, 3.8) is 0 Å². The van der Waals surface area contributed by atoms with Gasteiger partial charge >= 0.3 is 0 Å². The molecule has 0 spiro atoms. The van der Waals surface area contributed by atoms with Gasteiger partial charge in [-0.3, -0.25) is 4.98 Å². The van der Waals surface area contributed by atoms with Gasteiger partial charge in [-0.2, -0.15) is 0 Å². The Bertz CT molecular complexity index is 1380. The van der Waals surface area contributed by atoms with Crippen LogP contribution in [0.25, 0.3) is 5.69 Å². The number of rotatable bonds is 4. The molecule has 0 radical (unpaired) electrons. The fraction of sp³-hybridized carbons (Fsp3) is 0.214. The van der Waals surface area contributed by atoms with Gasteiger partial charge in [-0.1, -0.05) is 24.3 Å². The lowest BCUT2D eigenvalue weighted by Gasteiger charge is -2.28. The maximum atomic E-state index is 14.8. The number of anilines is 1. The van der Waals surface area contributed by atoms with Crippen LogP contribution in [0.4, 0.5) is 10.1 Å². The van der Waals surface area contributed by atoms with E-state index in [0.717, 1.165) is 28.3 Å². The average molecular weight is 471 g/mol. The highest BCUT2D eigenvalue weighted by Crippen LogP contribution is 2.44. The number of halogens is 1. The third-order valence-corrected chi connectivity index (χ3v) is 7.06. The quantitative estimate of drug-likeness (QED) is 0.349. The lowest BCUT2D eigenvalue weighted by Crippen LogP contribution is -2.29. The molecule has 1 aliphatic heterocycles. The molecule has 0 unspecified atom stereocenters. The van der Waals surface area contributed by atoms with Crippen molar-refractivity contribution < 1.29 is 4.39 Å². The minimum absolute atomic E-state index is 0.142. The van der Waals surface area contributed by atoms with Crippen LogP contribution >= 0.6 is 12.2 Å². The Balaban J connectivity index is 1.70. The van der Waals surface area contributed by atoms with Crippen LogP contribution in [0, 0.1) is 33.5 Å². The van der Waals surface area contributed by atoms with Crippen molar-refractivity contribution in [3.05, 3.63) is 113 Å². The lowest BCUT2D eigenvalue weighted by molar-refractivity contribution is 0.564. The zero-order chi connectivity index (χ0) is 24.0. The second-order valence-corrected chi connectivity index (χ2v) is 9.27. The fourth-order valence-corrected chi connectivity index (χ4v) is 5.26. The van der Waals surface area contributed by atoms with E-state index >= 15 is 0 Å². The van der Waals surface area contributed by atoms with E-state index in [-0.39, 0.29) is 17.9 Å². The van der Waals surface area contributed by atoms with Crippen LogP contribution in [0.5, 0.6) is 0 Å². The molecular weight excluding hydrogens is 443 g/mol. The first-order chi connectivity index (χ1) is 16.4. The first kappa shape index (κ1) is 22.3. The topological polar surface area (TPSA) is 33.1 Å². The highest BCUT2D eigenvalue weighted by molar-refractivity contribution is 7.80. The van der Waals surface area contributed by atoms with Crippen molar-refractivity contribution in [2.45, 2.75) is 39.8 Å². The fourth-order valence-electron chi connectivity index (χ4n) is 4.92. The molecule has 1 aliphatic rings. The molecule has 6 heteroatoms. The molecular formula is C28H27FN4S. The van der Waals surface area contributed by atoms with Gasteiger partial charge in [0.1, 0.15) is 5.82 Å². The normalized spacial score (nSPS) is 17.8. The molecule has 34 heavy (non-hydrogen) atoms. The van der Waals surface area contributed by atoms with Crippen LogP contribution < -0.4 is 10.2 Å². The smallest absolute Gasteiger partial charge is 0.174 e. The number of para-hydroxylation sites is 1. The summed E-state index contributed by atoms with van der Waals surface area (Å²) in [6.07, 6.45) is 1.80. The molecule has 2 atom stereocenters. The number of thiocarbonyl (C=S) groups is 1. The molecule has 0 amide bonds. The van der Waals surface area contributed by atoms with Gasteiger partial charge in [0.2, 0.25) is 0 Å². The predicted octanol–water partition coefficient (Wildman–Crippen LogP) is 6.42. The molecule has 0 saturated carbocycles. The minimum Gasteiger partial charge on any atom is -0.351 e. The van der Waals surface area contributed by atoms with E-state index in [9.17, 15) is 4.39 Å². The summed E-state index contributed by atoms with van der Waals surface area (Å²) < 4.78 is 16.8. The summed E-state index contributed by atoms with van der Waals surface area (Å²) in [5.41, 5.74) is 7.96. The summed E-state index contributed by atoms with van der Waals surface area (Å²) in [7, 11) is 0. The number of hydrogen-bond donors (Lipinski definition) is 1. The Labute approximate surface area is 205 Å². The molecule has 5 rings (SSSR count). The summed E-state index contributed by atoms with van der Waals surface area (Å²) in [6.45, 7) is 8.28. The Hall–Kier alpha value is -3.51. The molecule has 3 heterocycles. The van der Waals surface area contributed by atoms with Crippen molar-refractivity contribution in [2.24, 2.45) is 0 Å². The summed E-state index contributed by atoms with van der Waals surface area (Å²) >= 11 is 5.87. The van der Waals surface area contributed by atoms with Gasteiger partial charge in [-0.25, -0.2) is 4.39 Å². The number of aryl methyl sites for hydroxylation is 3. The van der Waals surface area contributed by atoms with Crippen LogP contribution in [0.2, 0.25) is 0 Å². The number of pyridine rings is 1. The Kier molecular flexibility index (Phi) is 5.70. The maximum Gasteiger partial charge on any atom is 0.174 e. The lowest BCUT2D eigenvalue weighted by atomic mass is 9.96. The molecule has 4 nitrogen and oxygen atoms in total. The van der Waals surface area contributed by atoms with Crippen molar-refractivity contribution >= 4 is 23.0 Å². The zero-order valence-electron chi connectivity index (χ0n) is 19.7. The van der Waals surface area contributed by atoms with E-state index in [1.54, 1.807) is 12.3 Å². The summed E-state index contributed by atoms with van der Waals surface area (Å²) in [6, 6.07) is 21.1. The van der Waals surface area contributed by atoms with E-state index in [4.69, 9.17) is 12.2 Å². The Morgan fingerprint density at radius 3 is 2.38 bits per heavy atom. The standard InChI is InChI=1S/C28H27FN4S/c1-17-12-13-21(15-18(17)2)33-27(26(31-28(33)34)24-10-7-8-14-30-24)22-16-19(3)32(20(22)4)25-11-6-5-9-23(25)29/h5-16,26-27H,1-4H3,(H,31,34)/t26-,27+/m1/s1.